The summed E-state index contributed by atoms with van der Waals surface area (Å²) in [5.74, 6) is 0.872. The standard InChI is InChI=1S/C25H26BrN3O4/c1-6-8-18-11-17(12-22(32-7-2)23(18)33-16(5)30)14-27-29-24(15(3)4)28-21-10-9-19(26)13-20(21)25(29)31/h6,9-15H,1,7-8H2,2-5H3. The fourth-order valence-corrected chi connectivity index (χ4v) is 3.72. The lowest BCUT2D eigenvalue weighted by Crippen LogP contribution is -2.23. The number of hydrogen-bond acceptors (Lipinski definition) is 6. The Balaban J connectivity index is 2.17. The van der Waals surface area contributed by atoms with Crippen LogP contribution in [0.15, 0.2) is 57.4 Å². The molecule has 0 amide bonds. The van der Waals surface area contributed by atoms with E-state index >= 15 is 0 Å². The van der Waals surface area contributed by atoms with Crippen LogP contribution in [0.25, 0.3) is 10.9 Å². The van der Waals surface area contributed by atoms with Gasteiger partial charge >= 0.3 is 5.97 Å². The summed E-state index contributed by atoms with van der Waals surface area (Å²) in [7, 11) is 0. The normalized spacial score (nSPS) is 11.3. The maximum atomic E-state index is 13.2. The van der Waals surface area contributed by atoms with E-state index in [0.29, 0.717) is 46.8 Å². The number of benzene rings is 2. The summed E-state index contributed by atoms with van der Waals surface area (Å²) in [4.78, 5) is 29.5. The number of fused-ring (bicyclic) bond motifs is 1. The molecule has 0 unspecified atom stereocenters. The molecule has 3 rings (SSSR count). The Kier molecular flexibility index (Phi) is 7.81. The molecule has 0 aliphatic carbocycles. The van der Waals surface area contributed by atoms with Crippen molar-refractivity contribution in [3.8, 4) is 11.5 Å². The number of nitrogens with zero attached hydrogens (tertiary/aromatic N) is 3. The molecular formula is C25H26BrN3O4. The third-order valence-electron chi connectivity index (χ3n) is 4.74. The zero-order valence-electron chi connectivity index (χ0n) is 19.1. The van der Waals surface area contributed by atoms with Crippen LogP contribution in [0.1, 0.15) is 50.6 Å². The maximum Gasteiger partial charge on any atom is 0.308 e. The monoisotopic (exact) mass is 511 g/mol. The van der Waals surface area contributed by atoms with Gasteiger partial charge in [0.2, 0.25) is 0 Å². The van der Waals surface area contributed by atoms with Crippen molar-refractivity contribution in [2.45, 2.75) is 40.0 Å². The van der Waals surface area contributed by atoms with Crippen molar-refractivity contribution in [2.24, 2.45) is 5.10 Å². The smallest absolute Gasteiger partial charge is 0.308 e. The van der Waals surface area contributed by atoms with Crippen LogP contribution in [0.3, 0.4) is 0 Å². The number of aromatic nitrogens is 2. The Morgan fingerprint density at radius 1 is 1.30 bits per heavy atom. The van der Waals surface area contributed by atoms with Crippen molar-refractivity contribution in [2.75, 3.05) is 6.61 Å². The fourth-order valence-electron chi connectivity index (χ4n) is 3.36. The van der Waals surface area contributed by atoms with Crippen LogP contribution in [0.5, 0.6) is 11.5 Å². The van der Waals surface area contributed by atoms with Crippen LogP contribution in [-0.2, 0) is 11.2 Å². The molecule has 0 radical (unpaired) electrons. The van der Waals surface area contributed by atoms with Gasteiger partial charge in [-0.05, 0) is 49.2 Å². The van der Waals surface area contributed by atoms with E-state index < -0.39 is 5.97 Å². The van der Waals surface area contributed by atoms with Crippen molar-refractivity contribution in [1.29, 1.82) is 0 Å². The third kappa shape index (κ3) is 5.57. The Labute approximate surface area is 200 Å². The third-order valence-corrected chi connectivity index (χ3v) is 5.23. The van der Waals surface area contributed by atoms with Crippen molar-refractivity contribution >= 4 is 39.0 Å². The van der Waals surface area contributed by atoms with E-state index in [1.165, 1.54) is 11.6 Å². The zero-order valence-corrected chi connectivity index (χ0v) is 20.7. The van der Waals surface area contributed by atoms with Gasteiger partial charge < -0.3 is 9.47 Å². The second kappa shape index (κ2) is 10.6. The van der Waals surface area contributed by atoms with E-state index in [-0.39, 0.29) is 11.5 Å². The lowest BCUT2D eigenvalue weighted by Gasteiger charge is -2.15. The molecule has 1 aromatic heterocycles. The fraction of sp³-hybridized carbons (Fsp3) is 0.280. The number of halogens is 1. The number of rotatable bonds is 8. The highest BCUT2D eigenvalue weighted by atomic mass is 79.9. The van der Waals surface area contributed by atoms with Gasteiger partial charge in [-0.2, -0.15) is 9.78 Å². The average Bonchev–Trinajstić information content (AvgIpc) is 2.75. The number of esters is 1. The van der Waals surface area contributed by atoms with Crippen LogP contribution >= 0.6 is 15.9 Å². The number of carbonyl (C=O) groups excluding carboxylic acids is 1. The lowest BCUT2D eigenvalue weighted by molar-refractivity contribution is -0.132. The first-order chi connectivity index (χ1) is 15.7. The SMILES string of the molecule is C=CCc1cc(C=Nn2c(C(C)C)nc3ccc(Br)cc3c2=O)cc(OCC)c1OC(C)=O. The summed E-state index contributed by atoms with van der Waals surface area (Å²) < 4.78 is 13.2. The topological polar surface area (TPSA) is 82.8 Å². The predicted molar refractivity (Wildman–Crippen MR) is 134 cm³/mol. The van der Waals surface area contributed by atoms with E-state index in [2.05, 4.69) is 32.6 Å². The van der Waals surface area contributed by atoms with Crippen LogP contribution < -0.4 is 15.0 Å². The van der Waals surface area contributed by atoms with Gasteiger partial charge in [0.15, 0.2) is 11.5 Å². The van der Waals surface area contributed by atoms with Gasteiger partial charge in [-0.25, -0.2) is 4.98 Å². The molecule has 1 heterocycles. The molecule has 172 valence electrons. The van der Waals surface area contributed by atoms with E-state index in [1.807, 2.05) is 39.0 Å². The van der Waals surface area contributed by atoms with E-state index in [1.54, 1.807) is 24.4 Å². The molecule has 3 aromatic rings. The molecule has 0 saturated heterocycles. The van der Waals surface area contributed by atoms with Gasteiger partial charge in [-0.3, -0.25) is 9.59 Å². The minimum atomic E-state index is -0.441. The van der Waals surface area contributed by atoms with E-state index in [4.69, 9.17) is 9.47 Å². The van der Waals surface area contributed by atoms with Crippen LogP contribution in [0, 0.1) is 0 Å². The second-order valence-corrected chi connectivity index (χ2v) is 8.59. The van der Waals surface area contributed by atoms with Gasteiger partial charge in [0.25, 0.3) is 5.56 Å². The van der Waals surface area contributed by atoms with Crippen molar-refractivity contribution in [3.05, 3.63) is 74.8 Å². The van der Waals surface area contributed by atoms with Crippen LogP contribution in [0.2, 0.25) is 0 Å². The molecule has 0 fully saturated rings. The largest absolute Gasteiger partial charge is 0.490 e. The molecule has 0 saturated carbocycles. The summed E-state index contributed by atoms with van der Waals surface area (Å²) in [5, 5.41) is 4.95. The molecule has 0 aliphatic rings. The molecular weight excluding hydrogens is 486 g/mol. The molecule has 7 nitrogen and oxygen atoms in total. The maximum absolute atomic E-state index is 13.2. The Morgan fingerprint density at radius 2 is 2.06 bits per heavy atom. The minimum Gasteiger partial charge on any atom is -0.490 e. The zero-order chi connectivity index (χ0) is 24.1. The molecule has 0 spiro atoms. The summed E-state index contributed by atoms with van der Waals surface area (Å²) in [5.41, 5.74) is 1.77. The Bertz CT molecular complexity index is 1300. The van der Waals surface area contributed by atoms with Crippen molar-refractivity contribution in [1.82, 2.24) is 9.66 Å². The number of allylic oxidation sites excluding steroid dienone is 1. The molecule has 33 heavy (non-hydrogen) atoms. The molecule has 0 bridgehead atoms. The molecule has 8 heteroatoms. The molecule has 0 N–H and O–H groups in total. The average molecular weight is 512 g/mol. The van der Waals surface area contributed by atoms with Crippen LogP contribution in [-0.4, -0.2) is 28.5 Å². The molecule has 0 aliphatic heterocycles. The first kappa shape index (κ1) is 24.4. The van der Waals surface area contributed by atoms with Crippen molar-refractivity contribution < 1.29 is 14.3 Å². The second-order valence-electron chi connectivity index (χ2n) is 7.67. The predicted octanol–water partition coefficient (Wildman–Crippen LogP) is 5.22. The Morgan fingerprint density at radius 3 is 2.70 bits per heavy atom. The van der Waals surface area contributed by atoms with Gasteiger partial charge in [-0.15, -0.1) is 6.58 Å². The number of hydrogen-bond donors (Lipinski definition) is 0. The Hall–Kier alpha value is -3.26. The minimum absolute atomic E-state index is 0.0236. The van der Waals surface area contributed by atoms with Crippen LogP contribution in [0.4, 0.5) is 0 Å². The van der Waals surface area contributed by atoms with Gasteiger partial charge in [-0.1, -0.05) is 35.9 Å². The quantitative estimate of drug-likeness (QED) is 0.179. The molecule has 0 atom stereocenters. The van der Waals surface area contributed by atoms with Gasteiger partial charge in [0.05, 0.1) is 23.7 Å². The summed E-state index contributed by atoms with van der Waals surface area (Å²) >= 11 is 3.41. The number of carbonyl (C=O) groups is 1. The highest BCUT2D eigenvalue weighted by Gasteiger charge is 2.16. The highest BCUT2D eigenvalue weighted by molar-refractivity contribution is 9.10. The van der Waals surface area contributed by atoms with Gasteiger partial charge in [0.1, 0.15) is 5.82 Å². The first-order valence-corrected chi connectivity index (χ1v) is 11.4. The van der Waals surface area contributed by atoms with Crippen molar-refractivity contribution in [3.63, 3.8) is 0 Å². The van der Waals surface area contributed by atoms with E-state index in [9.17, 15) is 9.59 Å². The number of ether oxygens (including phenoxy) is 2. The summed E-state index contributed by atoms with van der Waals surface area (Å²) in [6.45, 7) is 11.3. The highest BCUT2D eigenvalue weighted by Crippen LogP contribution is 2.34. The van der Waals surface area contributed by atoms with Gasteiger partial charge in [0, 0.05) is 22.9 Å². The summed E-state index contributed by atoms with van der Waals surface area (Å²) in [6, 6.07) is 8.96. The first-order valence-electron chi connectivity index (χ1n) is 10.6. The van der Waals surface area contributed by atoms with E-state index in [0.717, 1.165) is 10.0 Å². The molecule has 2 aromatic carbocycles. The lowest BCUT2D eigenvalue weighted by atomic mass is 10.1. The summed E-state index contributed by atoms with van der Waals surface area (Å²) in [6.07, 6.45) is 3.75.